The lowest BCUT2D eigenvalue weighted by Crippen LogP contribution is -2.70. The minimum Gasteiger partial charge on any atom is -0.481 e. The summed E-state index contributed by atoms with van der Waals surface area (Å²) in [6.07, 6.45) is -2.19. The molecule has 5 fully saturated rings. The monoisotopic (exact) mass is 664 g/mol. The molecule has 0 spiro atoms. The Labute approximate surface area is 277 Å². The topological polar surface area (TPSA) is 194 Å². The van der Waals surface area contributed by atoms with Gasteiger partial charge in [0.2, 0.25) is 0 Å². The third-order valence-electron chi connectivity index (χ3n) is 15.2. The van der Waals surface area contributed by atoms with E-state index in [4.69, 9.17) is 9.47 Å². The second-order valence-corrected chi connectivity index (χ2v) is 17.8. The van der Waals surface area contributed by atoms with Crippen LogP contribution in [0.2, 0.25) is 0 Å². The van der Waals surface area contributed by atoms with E-state index >= 15 is 0 Å². The average Bonchev–Trinajstić information content (AvgIpc) is 2.98. The molecule has 4 saturated carbocycles. The number of carboxylic acids is 2. The van der Waals surface area contributed by atoms with Crippen LogP contribution in [0.3, 0.4) is 0 Å². The van der Waals surface area contributed by atoms with Crippen LogP contribution in [0, 0.1) is 50.2 Å². The summed E-state index contributed by atoms with van der Waals surface area (Å²) in [6.45, 7) is 12.1. The highest BCUT2D eigenvalue weighted by Gasteiger charge is 2.72. The van der Waals surface area contributed by atoms with Crippen molar-refractivity contribution in [2.45, 2.75) is 142 Å². The Morgan fingerprint density at radius 1 is 0.872 bits per heavy atom. The standard InChI is InChI=1S/C36H56O11/c1-31(2)11-13-36(30(44)45)14-12-33(4)18(19(36)15-31)7-8-22-32(3)16-20(38)27(35(6,29(42)43)23(32)9-10-34(22,33)5)47-26-25(40)24(39)21(17-37)46-28(26)41/h7,19-28,37-41H,8-17H2,1-6H3,(H,42,43)(H,44,45)/t19-,20-,21+,22+,23?,24+,25-,26+,27-,28+,32+,33+,34+,35-,36?/m0/s1. The molecule has 1 aliphatic heterocycles. The van der Waals surface area contributed by atoms with Crippen molar-refractivity contribution in [3.05, 3.63) is 11.6 Å². The van der Waals surface area contributed by atoms with Crippen LogP contribution in [0.25, 0.3) is 0 Å². The molecular formula is C36H56O11. The second kappa shape index (κ2) is 11.2. The summed E-state index contributed by atoms with van der Waals surface area (Å²) in [4.78, 5) is 26.3. The van der Waals surface area contributed by atoms with Gasteiger partial charge in [0.1, 0.15) is 30.5 Å². The van der Waals surface area contributed by atoms with Gasteiger partial charge in [-0.3, -0.25) is 9.59 Å². The van der Waals surface area contributed by atoms with E-state index in [1.165, 1.54) is 5.57 Å². The van der Waals surface area contributed by atoms with E-state index in [0.717, 1.165) is 25.7 Å². The van der Waals surface area contributed by atoms with Gasteiger partial charge in [-0.1, -0.05) is 46.3 Å². The number of aliphatic hydroxyl groups is 5. The van der Waals surface area contributed by atoms with Gasteiger partial charge in [-0.05, 0) is 104 Å². The average molecular weight is 665 g/mol. The number of hydrogen-bond donors (Lipinski definition) is 7. The second-order valence-electron chi connectivity index (χ2n) is 17.8. The normalized spacial score (nSPS) is 53.8. The lowest BCUT2D eigenvalue weighted by molar-refractivity contribution is -0.327. The van der Waals surface area contributed by atoms with Gasteiger partial charge in [0.25, 0.3) is 0 Å². The Kier molecular flexibility index (Phi) is 8.40. The van der Waals surface area contributed by atoms with Gasteiger partial charge in [0, 0.05) is 0 Å². The Morgan fingerprint density at radius 3 is 2.15 bits per heavy atom. The number of aliphatic hydroxyl groups excluding tert-OH is 5. The molecule has 11 nitrogen and oxygen atoms in total. The summed E-state index contributed by atoms with van der Waals surface area (Å²) in [5.41, 5.74) is -2.26. The molecule has 0 bridgehead atoms. The van der Waals surface area contributed by atoms with Crippen molar-refractivity contribution in [2.75, 3.05) is 6.61 Å². The Morgan fingerprint density at radius 2 is 1.53 bits per heavy atom. The first-order chi connectivity index (χ1) is 21.7. The molecule has 1 heterocycles. The number of carbonyl (C=O) groups is 2. The molecule has 0 radical (unpaired) electrons. The van der Waals surface area contributed by atoms with Crippen LogP contribution < -0.4 is 0 Å². The number of aliphatic carboxylic acids is 2. The van der Waals surface area contributed by atoms with E-state index in [9.17, 15) is 45.3 Å². The van der Waals surface area contributed by atoms with E-state index in [2.05, 4.69) is 40.7 Å². The van der Waals surface area contributed by atoms with Crippen molar-refractivity contribution >= 4 is 11.9 Å². The zero-order chi connectivity index (χ0) is 34.7. The largest absolute Gasteiger partial charge is 0.481 e. The van der Waals surface area contributed by atoms with Crippen LogP contribution in [0.5, 0.6) is 0 Å². The van der Waals surface area contributed by atoms with Crippen molar-refractivity contribution < 1.29 is 54.8 Å². The van der Waals surface area contributed by atoms with Gasteiger partial charge in [-0.25, -0.2) is 0 Å². The van der Waals surface area contributed by atoms with Crippen molar-refractivity contribution in [1.82, 2.24) is 0 Å². The van der Waals surface area contributed by atoms with Crippen LogP contribution in [0.15, 0.2) is 11.6 Å². The zero-order valence-electron chi connectivity index (χ0n) is 28.7. The number of hydrogen-bond acceptors (Lipinski definition) is 9. The fraction of sp³-hybridized carbons (Fsp3) is 0.889. The third-order valence-corrected chi connectivity index (χ3v) is 15.2. The highest BCUT2D eigenvalue weighted by Crippen LogP contribution is 2.76. The molecule has 1 saturated heterocycles. The smallest absolute Gasteiger partial charge is 0.312 e. The van der Waals surface area contributed by atoms with Crippen molar-refractivity contribution in [3.63, 3.8) is 0 Å². The lowest BCUT2D eigenvalue weighted by Gasteiger charge is -2.71. The van der Waals surface area contributed by atoms with Crippen LogP contribution in [-0.2, 0) is 19.1 Å². The van der Waals surface area contributed by atoms with E-state index in [0.29, 0.717) is 25.7 Å². The van der Waals surface area contributed by atoms with Crippen molar-refractivity contribution in [2.24, 2.45) is 50.2 Å². The molecule has 6 rings (SSSR count). The van der Waals surface area contributed by atoms with Crippen molar-refractivity contribution in [1.29, 1.82) is 0 Å². The van der Waals surface area contributed by atoms with Gasteiger partial charge >= 0.3 is 11.9 Å². The first kappa shape index (κ1) is 35.2. The molecule has 5 aliphatic carbocycles. The number of allylic oxidation sites excluding steroid dienone is 2. The van der Waals surface area contributed by atoms with Gasteiger partial charge in [-0.2, -0.15) is 0 Å². The molecule has 47 heavy (non-hydrogen) atoms. The zero-order valence-corrected chi connectivity index (χ0v) is 28.7. The number of ether oxygens (including phenoxy) is 2. The van der Waals surface area contributed by atoms with Crippen LogP contribution in [0.4, 0.5) is 0 Å². The molecule has 2 unspecified atom stereocenters. The van der Waals surface area contributed by atoms with Crippen molar-refractivity contribution in [3.8, 4) is 0 Å². The summed E-state index contributed by atoms with van der Waals surface area (Å²) in [5.74, 6) is -2.32. The summed E-state index contributed by atoms with van der Waals surface area (Å²) in [6, 6.07) is 0. The quantitative estimate of drug-likeness (QED) is 0.214. The number of rotatable bonds is 5. The molecule has 0 aromatic carbocycles. The predicted octanol–water partition coefficient (Wildman–Crippen LogP) is 3.09. The third kappa shape index (κ3) is 4.69. The van der Waals surface area contributed by atoms with Gasteiger partial charge in [0.15, 0.2) is 6.29 Å². The summed E-state index contributed by atoms with van der Waals surface area (Å²) < 4.78 is 11.4. The maximum absolute atomic E-state index is 13.3. The van der Waals surface area contributed by atoms with Crippen LogP contribution in [-0.4, -0.2) is 97.2 Å². The number of fused-ring (bicyclic) bond motifs is 7. The number of carboxylic acid groups (broad SMARTS) is 2. The summed E-state index contributed by atoms with van der Waals surface area (Å²) >= 11 is 0. The van der Waals surface area contributed by atoms with E-state index < -0.39 is 83.6 Å². The highest BCUT2D eigenvalue weighted by atomic mass is 16.7. The summed E-state index contributed by atoms with van der Waals surface area (Å²) in [5, 5.41) is 74.8. The molecule has 15 atom stereocenters. The molecule has 6 aliphatic rings. The van der Waals surface area contributed by atoms with Gasteiger partial charge in [0.05, 0.1) is 23.5 Å². The molecule has 7 N–H and O–H groups in total. The lowest BCUT2D eigenvalue weighted by atomic mass is 9.33. The minimum atomic E-state index is -1.76. The van der Waals surface area contributed by atoms with Gasteiger partial charge in [-0.15, -0.1) is 0 Å². The predicted molar refractivity (Wildman–Crippen MR) is 169 cm³/mol. The molecule has 266 valence electrons. The molecular weight excluding hydrogens is 608 g/mol. The molecule has 11 heteroatoms. The Hall–Kier alpha value is -1.60. The van der Waals surface area contributed by atoms with Gasteiger partial charge < -0.3 is 45.2 Å². The fourth-order valence-electron chi connectivity index (χ4n) is 12.3. The van der Waals surface area contributed by atoms with E-state index in [-0.39, 0.29) is 34.5 Å². The highest BCUT2D eigenvalue weighted by molar-refractivity contribution is 5.77. The Bertz CT molecular complexity index is 1320. The first-order valence-electron chi connectivity index (χ1n) is 17.5. The fourth-order valence-corrected chi connectivity index (χ4v) is 12.3. The molecule has 0 amide bonds. The van der Waals surface area contributed by atoms with Crippen LogP contribution in [0.1, 0.15) is 99.3 Å². The van der Waals surface area contributed by atoms with Crippen LogP contribution >= 0.6 is 0 Å². The first-order valence-corrected chi connectivity index (χ1v) is 17.5. The molecule has 0 aromatic heterocycles. The maximum Gasteiger partial charge on any atom is 0.312 e. The summed E-state index contributed by atoms with van der Waals surface area (Å²) in [7, 11) is 0. The maximum atomic E-state index is 13.3. The van der Waals surface area contributed by atoms with E-state index in [1.807, 2.05) is 0 Å². The molecule has 0 aromatic rings. The SMILES string of the molecule is CC1(C)CCC2(C(=O)O)CC[C@]3(C)C(=CC[C@@H]4[C@@]5(C)C[C@H](O)[C@H](O[C@@H]6[C@@H](O)[C@H](O)[C@@H](CO)O[C@H]6O)[C@@](C)(C(=O)O)C5CC[C@]43C)[C@@H]2C1. The van der Waals surface area contributed by atoms with E-state index in [1.54, 1.807) is 6.92 Å². The minimum absolute atomic E-state index is 0.00651. The Balaban J connectivity index is 1.36.